The zero-order valence-electron chi connectivity index (χ0n) is 12.7. The zero-order chi connectivity index (χ0) is 14.9. The molecule has 2 aliphatic rings. The molecular formula is C17H25NO3. The fourth-order valence-electron chi connectivity index (χ4n) is 3.91. The van der Waals surface area contributed by atoms with Crippen LogP contribution in [-0.2, 0) is 17.6 Å². The van der Waals surface area contributed by atoms with Gasteiger partial charge in [0.1, 0.15) is 5.75 Å². The molecule has 0 radical (unpaired) electrons. The number of aliphatic hydroxyl groups is 1. The average Bonchev–Trinajstić information content (AvgIpc) is 2.54. The maximum absolute atomic E-state index is 11.4. The lowest BCUT2D eigenvalue weighted by molar-refractivity contribution is -0.149. The highest BCUT2D eigenvalue weighted by atomic mass is 16.5. The molecule has 2 unspecified atom stereocenters. The lowest BCUT2D eigenvalue weighted by Gasteiger charge is -2.50. The molecule has 1 heterocycles. The third-order valence-electron chi connectivity index (χ3n) is 5.40. The first-order valence-corrected chi connectivity index (χ1v) is 7.78. The van der Waals surface area contributed by atoms with Crippen molar-refractivity contribution < 1.29 is 14.6 Å². The number of benzene rings is 1. The topological polar surface area (TPSA) is 64.7 Å². The van der Waals surface area contributed by atoms with Crippen molar-refractivity contribution in [2.75, 3.05) is 26.9 Å². The monoisotopic (exact) mass is 291 g/mol. The largest absolute Gasteiger partial charge is 0.497 e. The molecule has 0 bridgehead atoms. The first-order valence-electron chi connectivity index (χ1n) is 7.78. The Morgan fingerprint density at radius 2 is 2.19 bits per heavy atom. The van der Waals surface area contributed by atoms with Gasteiger partial charge in [-0.1, -0.05) is 6.07 Å². The lowest BCUT2D eigenvalue weighted by Crippen LogP contribution is -2.59. The molecule has 0 spiro atoms. The second-order valence-corrected chi connectivity index (χ2v) is 6.48. The summed E-state index contributed by atoms with van der Waals surface area (Å²) in [4.78, 5) is 0. The van der Waals surface area contributed by atoms with Crippen molar-refractivity contribution in [3.05, 3.63) is 29.3 Å². The number of hydrogen-bond acceptors (Lipinski definition) is 4. The molecule has 1 fully saturated rings. The van der Waals surface area contributed by atoms with E-state index in [1.54, 1.807) is 7.11 Å². The van der Waals surface area contributed by atoms with Gasteiger partial charge in [-0.3, -0.25) is 0 Å². The van der Waals surface area contributed by atoms with E-state index in [9.17, 15) is 5.11 Å². The van der Waals surface area contributed by atoms with E-state index in [2.05, 4.69) is 6.07 Å². The molecule has 1 aromatic rings. The van der Waals surface area contributed by atoms with Gasteiger partial charge in [-0.25, -0.2) is 0 Å². The molecular weight excluding hydrogens is 266 g/mol. The molecule has 4 nitrogen and oxygen atoms in total. The fourth-order valence-corrected chi connectivity index (χ4v) is 3.91. The van der Waals surface area contributed by atoms with Gasteiger partial charge in [0.2, 0.25) is 0 Å². The standard InChI is InChI=1S/C17H25NO3/c1-20-15-4-3-13-5-7-17(19,10-14(13)9-15)16(11-18)6-2-8-21-12-16/h3-4,9,19H,2,5-8,10-12,18H2,1H3. The molecule has 2 atom stereocenters. The summed E-state index contributed by atoms with van der Waals surface area (Å²) in [6.07, 6.45) is 4.20. The summed E-state index contributed by atoms with van der Waals surface area (Å²) in [6, 6.07) is 6.15. The van der Waals surface area contributed by atoms with E-state index in [-0.39, 0.29) is 5.41 Å². The first kappa shape index (κ1) is 14.8. The smallest absolute Gasteiger partial charge is 0.119 e. The number of hydrogen-bond donors (Lipinski definition) is 2. The third kappa shape index (κ3) is 2.45. The van der Waals surface area contributed by atoms with Gasteiger partial charge >= 0.3 is 0 Å². The average molecular weight is 291 g/mol. The highest BCUT2D eigenvalue weighted by molar-refractivity contribution is 5.39. The van der Waals surface area contributed by atoms with Crippen molar-refractivity contribution in [1.29, 1.82) is 0 Å². The van der Waals surface area contributed by atoms with Crippen LogP contribution < -0.4 is 10.5 Å². The van der Waals surface area contributed by atoms with Gasteiger partial charge in [0.15, 0.2) is 0 Å². The summed E-state index contributed by atoms with van der Waals surface area (Å²) in [5.41, 5.74) is 7.47. The number of ether oxygens (including phenoxy) is 2. The van der Waals surface area contributed by atoms with Gasteiger partial charge in [0.05, 0.1) is 19.3 Å². The number of nitrogens with two attached hydrogens (primary N) is 1. The highest BCUT2D eigenvalue weighted by Crippen LogP contribution is 2.46. The molecule has 1 aliphatic carbocycles. The molecule has 116 valence electrons. The number of aryl methyl sites for hydroxylation is 1. The minimum absolute atomic E-state index is 0.313. The molecule has 4 heteroatoms. The van der Waals surface area contributed by atoms with Crippen LogP contribution >= 0.6 is 0 Å². The van der Waals surface area contributed by atoms with Crippen molar-refractivity contribution in [2.45, 2.75) is 37.7 Å². The van der Waals surface area contributed by atoms with Gasteiger partial charge in [0.25, 0.3) is 0 Å². The van der Waals surface area contributed by atoms with Gasteiger partial charge < -0.3 is 20.3 Å². The molecule has 1 aliphatic heterocycles. The maximum atomic E-state index is 11.4. The Bertz CT molecular complexity index is 511. The van der Waals surface area contributed by atoms with E-state index in [0.717, 1.165) is 38.0 Å². The van der Waals surface area contributed by atoms with E-state index in [0.29, 0.717) is 19.6 Å². The van der Waals surface area contributed by atoms with Crippen molar-refractivity contribution in [3.8, 4) is 5.75 Å². The molecule has 0 saturated carbocycles. The van der Waals surface area contributed by atoms with Gasteiger partial charge in [-0.2, -0.15) is 0 Å². The van der Waals surface area contributed by atoms with Crippen molar-refractivity contribution in [2.24, 2.45) is 11.1 Å². The number of rotatable bonds is 3. The van der Waals surface area contributed by atoms with E-state index < -0.39 is 5.60 Å². The quantitative estimate of drug-likeness (QED) is 0.889. The fraction of sp³-hybridized carbons (Fsp3) is 0.647. The van der Waals surface area contributed by atoms with E-state index in [1.165, 1.54) is 11.1 Å². The van der Waals surface area contributed by atoms with Gasteiger partial charge in [-0.15, -0.1) is 0 Å². The van der Waals surface area contributed by atoms with Gasteiger partial charge in [-0.05, 0) is 48.9 Å². The van der Waals surface area contributed by atoms with Crippen molar-refractivity contribution in [1.82, 2.24) is 0 Å². The Balaban J connectivity index is 1.92. The summed E-state index contributed by atoms with van der Waals surface area (Å²) in [7, 11) is 1.67. The summed E-state index contributed by atoms with van der Waals surface area (Å²) in [6.45, 7) is 1.82. The van der Waals surface area contributed by atoms with Crippen molar-refractivity contribution >= 4 is 0 Å². The predicted molar refractivity (Wildman–Crippen MR) is 81.5 cm³/mol. The Kier molecular flexibility index (Phi) is 3.95. The molecule has 1 saturated heterocycles. The third-order valence-corrected chi connectivity index (χ3v) is 5.40. The van der Waals surface area contributed by atoms with E-state index >= 15 is 0 Å². The zero-order valence-corrected chi connectivity index (χ0v) is 12.7. The molecule has 3 rings (SSSR count). The first-order chi connectivity index (χ1) is 10.1. The normalized spacial score (nSPS) is 32.5. The van der Waals surface area contributed by atoms with Crippen LogP contribution in [0.1, 0.15) is 30.4 Å². The molecule has 1 aromatic carbocycles. The number of fused-ring (bicyclic) bond motifs is 1. The minimum atomic E-state index is -0.776. The van der Waals surface area contributed by atoms with Crippen LogP contribution in [0.3, 0.4) is 0 Å². The molecule has 21 heavy (non-hydrogen) atoms. The van der Waals surface area contributed by atoms with Crippen LogP contribution in [0, 0.1) is 5.41 Å². The summed E-state index contributed by atoms with van der Waals surface area (Å²) in [5, 5.41) is 11.4. The van der Waals surface area contributed by atoms with Crippen LogP contribution in [0.2, 0.25) is 0 Å². The van der Waals surface area contributed by atoms with Gasteiger partial charge in [0, 0.05) is 25.0 Å². The van der Waals surface area contributed by atoms with Crippen LogP contribution in [0.25, 0.3) is 0 Å². The summed E-state index contributed by atoms with van der Waals surface area (Å²) < 4.78 is 11.0. The minimum Gasteiger partial charge on any atom is -0.497 e. The van der Waals surface area contributed by atoms with Crippen LogP contribution in [-0.4, -0.2) is 37.6 Å². The number of methoxy groups -OCH3 is 1. The molecule has 3 N–H and O–H groups in total. The molecule has 0 aromatic heterocycles. The Hall–Kier alpha value is -1.10. The van der Waals surface area contributed by atoms with E-state index in [4.69, 9.17) is 15.2 Å². The second kappa shape index (κ2) is 5.59. The van der Waals surface area contributed by atoms with Crippen LogP contribution in [0.5, 0.6) is 5.75 Å². The van der Waals surface area contributed by atoms with Crippen LogP contribution in [0.4, 0.5) is 0 Å². The van der Waals surface area contributed by atoms with Crippen LogP contribution in [0.15, 0.2) is 18.2 Å². The summed E-state index contributed by atoms with van der Waals surface area (Å²) in [5.74, 6) is 0.847. The SMILES string of the molecule is COc1ccc2c(c1)CC(O)(C1(CN)CCCOC1)CC2. The molecule has 0 amide bonds. The second-order valence-electron chi connectivity index (χ2n) is 6.48. The van der Waals surface area contributed by atoms with Crippen molar-refractivity contribution in [3.63, 3.8) is 0 Å². The maximum Gasteiger partial charge on any atom is 0.119 e. The summed E-state index contributed by atoms with van der Waals surface area (Å²) >= 11 is 0. The highest BCUT2D eigenvalue weighted by Gasteiger charge is 2.51. The predicted octanol–water partition coefficient (Wildman–Crippen LogP) is 1.67. The Morgan fingerprint density at radius 1 is 1.33 bits per heavy atom. The Morgan fingerprint density at radius 3 is 2.86 bits per heavy atom. The van der Waals surface area contributed by atoms with E-state index in [1.807, 2.05) is 12.1 Å². The lowest BCUT2D eigenvalue weighted by atomic mass is 9.61. The Labute approximate surface area is 126 Å².